The number of anilines is 1. The van der Waals surface area contributed by atoms with Crippen LogP contribution in [0.25, 0.3) is 0 Å². The van der Waals surface area contributed by atoms with Crippen molar-refractivity contribution in [2.75, 3.05) is 24.2 Å². The molecule has 10 heteroatoms. The summed E-state index contributed by atoms with van der Waals surface area (Å²) < 4.78 is 26.3. The molecule has 0 spiro atoms. The highest BCUT2D eigenvalue weighted by Crippen LogP contribution is 2.26. The van der Waals surface area contributed by atoms with Gasteiger partial charge >= 0.3 is 0 Å². The lowest BCUT2D eigenvalue weighted by molar-refractivity contribution is -0.139. The van der Waals surface area contributed by atoms with Crippen molar-refractivity contribution in [3.8, 4) is 0 Å². The summed E-state index contributed by atoms with van der Waals surface area (Å²) in [7, 11) is -2.31. The summed E-state index contributed by atoms with van der Waals surface area (Å²) in [5.41, 5.74) is 2.64. The Balaban J connectivity index is 2.46. The molecule has 0 fully saturated rings. The van der Waals surface area contributed by atoms with Gasteiger partial charge in [0.05, 0.1) is 11.9 Å². The average molecular weight is 500 g/mol. The highest BCUT2D eigenvalue weighted by molar-refractivity contribution is 7.92. The Hall–Kier alpha value is -2.29. The minimum absolute atomic E-state index is 0.00776. The molecule has 0 heterocycles. The largest absolute Gasteiger partial charge is 0.357 e. The predicted octanol–water partition coefficient (Wildman–Crippen LogP) is 3.54. The minimum atomic E-state index is -3.78. The number of likely N-dealkylation sites (N-methyl/N-ethyl adjacent to an activating group) is 1. The van der Waals surface area contributed by atoms with Crippen LogP contribution in [-0.4, -0.2) is 51.0 Å². The Morgan fingerprint density at radius 3 is 2.34 bits per heavy atom. The molecule has 0 saturated carbocycles. The monoisotopic (exact) mass is 499 g/mol. The van der Waals surface area contributed by atoms with Crippen molar-refractivity contribution in [2.45, 2.75) is 33.4 Å². The molecule has 0 aliphatic carbocycles. The molecule has 0 radical (unpaired) electrons. The zero-order valence-corrected chi connectivity index (χ0v) is 21.0. The van der Waals surface area contributed by atoms with Gasteiger partial charge in [-0.3, -0.25) is 13.9 Å². The van der Waals surface area contributed by atoms with E-state index in [2.05, 4.69) is 5.32 Å². The summed E-state index contributed by atoms with van der Waals surface area (Å²) in [6, 6.07) is 9.24. The second-order valence-electron chi connectivity index (χ2n) is 7.54. The number of nitrogens with zero attached hydrogens (tertiary/aromatic N) is 2. The number of aryl methyl sites for hydroxylation is 1. The summed E-state index contributed by atoms with van der Waals surface area (Å²) in [5.74, 6) is -0.931. The Morgan fingerprint density at radius 2 is 1.78 bits per heavy atom. The molecule has 0 aromatic heterocycles. The molecular formula is C22H27Cl2N3O4S. The van der Waals surface area contributed by atoms with E-state index in [1.807, 2.05) is 13.0 Å². The van der Waals surface area contributed by atoms with Gasteiger partial charge in [0.2, 0.25) is 21.8 Å². The molecule has 2 aromatic carbocycles. The van der Waals surface area contributed by atoms with E-state index < -0.39 is 28.5 Å². The molecule has 0 aliphatic heterocycles. The first kappa shape index (κ1) is 26.0. The number of benzene rings is 2. The fourth-order valence-electron chi connectivity index (χ4n) is 3.23. The molecule has 0 saturated heterocycles. The topological polar surface area (TPSA) is 86.8 Å². The first-order chi connectivity index (χ1) is 14.9. The smallest absolute Gasteiger partial charge is 0.244 e. The summed E-state index contributed by atoms with van der Waals surface area (Å²) >= 11 is 12.2. The van der Waals surface area contributed by atoms with Crippen LogP contribution in [0.1, 0.15) is 23.6 Å². The first-order valence-corrected chi connectivity index (χ1v) is 12.5. The lowest BCUT2D eigenvalue weighted by Gasteiger charge is -2.32. The Kier molecular flexibility index (Phi) is 8.56. The number of hydrogen-bond acceptors (Lipinski definition) is 4. The lowest BCUT2D eigenvalue weighted by atomic mass is 10.1. The maximum Gasteiger partial charge on any atom is 0.244 e. The second kappa shape index (κ2) is 10.6. The molecule has 1 N–H and O–H groups in total. The lowest BCUT2D eigenvalue weighted by Crippen LogP contribution is -2.50. The Bertz CT molecular complexity index is 1120. The molecule has 174 valence electrons. The molecule has 1 atom stereocenters. The van der Waals surface area contributed by atoms with Crippen molar-refractivity contribution >= 4 is 50.7 Å². The highest BCUT2D eigenvalue weighted by Gasteiger charge is 2.30. The van der Waals surface area contributed by atoms with Gasteiger partial charge in [0.1, 0.15) is 12.6 Å². The van der Waals surface area contributed by atoms with Crippen LogP contribution in [0.2, 0.25) is 10.0 Å². The summed E-state index contributed by atoms with van der Waals surface area (Å²) in [6.45, 7) is 4.78. The van der Waals surface area contributed by atoms with Crippen LogP contribution in [0.4, 0.5) is 5.69 Å². The predicted molar refractivity (Wildman–Crippen MR) is 129 cm³/mol. The fourth-order valence-corrected chi connectivity index (χ4v) is 4.59. The van der Waals surface area contributed by atoms with Gasteiger partial charge in [0.25, 0.3) is 0 Å². The van der Waals surface area contributed by atoms with E-state index in [9.17, 15) is 18.0 Å². The number of carbonyl (C=O) groups excluding carboxylic acids is 2. The number of amides is 2. The third-order valence-electron chi connectivity index (χ3n) is 5.29. The zero-order valence-electron chi connectivity index (χ0n) is 18.6. The molecule has 2 rings (SSSR count). The maximum atomic E-state index is 13.4. The van der Waals surface area contributed by atoms with Gasteiger partial charge in [-0.25, -0.2) is 8.42 Å². The van der Waals surface area contributed by atoms with E-state index in [0.29, 0.717) is 21.3 Å². The van der Waals surface area contributed by atoms with Gasteiger partial charge in [-0.15, -0.1) is 0 Å². The molecule has 7 nitrogen and oxygen atoms in total. The van der Waals surface area contributed by atoms with Crippen LogP contribution in [0, 0.1) is 13.8 Å². The molecule has 2 amide bonds. The highest BCUT2D eigenvalue weighted by atomic mass is 35.5. The van der Waals surface area contributed by atoms with Crippen LogP contribution < -0.4 is 9.62 Å². The fraction of sp³-hybridized carbons (Fsp3) is 0.364. The van der Waals surface area contributed by atoms with Crippen molar-refractivity contribution in [1.82, 2.24) is 10.2 Å². The molecule has 0 unspecified atom stereocenters. The number of nitrogens with one attached hydrogen (secondary N) is 1. The molecule has 32 heavy (non-hydrogen) atoms. The van der Waals surface area contributed by atoms with E-state index >= 15 is 0 Å². The van der Waals surface area contributed by atoms with Crippen LogP contribution in [0.3, 0.4) is 0 Å². The minimum Gasteiger partial charge on any atom is -0.357 e. The van der Waals surface area contributed by atoms with Gasteiger partial charge in [-0.05, 0) is 55.7 Å². The quantitative estimate of drug-likeness (QED) is 0.601. The molecule has 0 bridgehead atoms. The van der Waals surface area contributed by atoms with Crippen molar-refractivity contribution < 1.29 is 18.0 Å². The van der Waals surface area contributed by atoms with E-state index in [0.717, 1.165) is 21.7 Å². The van der Waals surface area contributed by atoms with Gasteiger partial charge in [0.15, 0.2) is 0 Å². The van der Waals surface area contributed by atoms with Crippen LogP contribution >= 0.6 is 23.2 Å². The normalized spacial score (nSPS) is 12.2. The van der Waals surface area contributed by atoms with Crippen molar-refractivity contribution in [3.05, 3.63) is 63.1 Å². The number of hydrogen-bond donors (Lipinski definition) is 1. The SMILES string of the molecule is CNC(=O)[C@@H](C)N(Cc1ccc(Cl)cc1Cl)C(=O)CN(c1cccc(C)c1C)S(C)(=O)=O. The number of carbonyl (C=O) groups is 2. The van der Waals surface area contributed by atoms with E-state index in [4.69, 9.17) is 23.2 Å². The third kappa shape index (κ3) is 6.15. The van der Waals surface area contributed by atoms with Crippen LogP contribution in [-0.2, 0) is 26.2 Å². The molecule has 2 aromatic rings. The number of sulfonamides is 1. The standard InChI is InChI=1S/C22H27Cl2N3O4S/c1-14-7-6-8-20(15(14)2)27(32(5,30)31)13-21(28)26(16(3)22(29)25-4)12-17-9-10-18(23)11-19(17)24/h6-11,16H,12-13H2,1-5H3,(H,25,29)/t16-/m1/s1. The third-order valence-corrected chi connectivity index (χ3v) is 7.01. The average Bonchev–Trinajstić information content (AvgIpc) is 2.71. The maximum absolute atomic E-state index is 13.4. The van der Waals surface area contributed by atoms with Gasteiger partial charge in [-0.1, -0.05) is 41.4 Å². The van der Waals surface area contributed by atoms with Gasteiger partial charge in [0, 0.05) is 23.6 Å². The van der Waals surface area contributed by atoms with E-state index in [1.165, 1.54) is 11.9 Å². The van der Waals surface area contributed by atoms with Crippen molar-refractivity contribution in [2.24, 2.45) is 0 Å². The van der Waals surface area contributed by atoms with Crippen LogP contribution in [0.15, 0.2) is 36.4 Å². The first-order valence-electron chi connectivity index (χ1n) is 9.85. The number of halogens is 2. The molecule has 0 aliphatic rings. The second-order valence-corrected chi connectivity index (χ2v) is 10.3. The molecular weight excluding hydrogens is 473 g/mol. The summed E-state index contributed by atoms with van der Waals surface area (Å²) in [6.07, 6.45) is 1.05. The van der Waals surface area contributed by atoms with E-state index in [1.54, 1.807) is 44.2 Å². The van der Waals surface area contributed by atoms with Crippen molar-refractivity contribution in [3.63, 3.8) is 0 Å². The Labute approximate surface area is 199 Å². The summed E-state index contributed by atoms with van der Waals surface area (Å²) in [5, 5.41) is 3.30. The number of rotatable bonds is 8. The van der Waals surface area contributed by atoms with Gasteiger partial charge in [-0.2, -0.15) is 0 Å². The van der Waals surface area contributed by atoms with Gasteiger partial charge < -0.3 is 10.2 Å². The van der Waals surface area contributed by atoms with Crippen molar-refractivity contribution in [1.29, 1.82) is 0 Å². The summed E-state index contributed by atoms with van der Waals surface area (Å²) in [4.78, 5) is 27.0. The Morgan fingerprint density at radius 1 is 1.12 bits per heavy atom. The van der Waals surface area contributed by atoms with E-state index in [-0.39, 0.29) is 12.5 Å². The zero-order chi connectivity index (χ0) is 24.2. The van der Waals surface area contributed by atoms with Crippen LogP contribution in [0.5, 0.6) is 0 Å².